The van der Waals surface area contributed by atoms with Crippen LogP contribution < -0.4 is 0 Å². The van der Waals surface area contributed by atoms with Crippen molar-refractivity contribution in [1.82, 2.24) is 4.90 Å². The molecule has 0 saturated heterocycles. The lowest BCUT2D eigenvalue weighted by Crippen LogP contribution is -2.28. The molecule has 0 bridgehead atoms. The number of hydrogen-bond donors (Lipinski definition) is 1. The molecule has 1 N–H and O–H groups in total. The van der Waals surface area contributed by atoms with Crippen LogP contribution in [-0.2, 0) is 4.79 Å². The highest BCUT2D eigenvalue weighted by atomic mass is 16.4. The van der Waals surface area contributed by atoms with Crippen molar-refractivity contribution in [2.24, 2.45) is 5.92 Å². The Labute approximate surface area is 109 Å². The summed E-state index contributed by atoms with van der Waals surface area (Å²) in [6.07, 6.45) is 1.23. The molecule has 0 radical (unpaired) electrons. The molecule has 0 saturated carbocycles. The second-order valence-corrected chi connectivity index (χ2v) is 5.19. The summed E-state index contributed by atoms with van der Waals surface area (Å²) >= 11 is 0. The van der Waals surface area contributed by atoms with E-state index in [1.807, 2.05) is 37.4 Å². The normalized spacial score (nSPS) is 12.9. The standard InChI is InChI=1S/C15H23NO2/c1-12(2)9-10-16(3)14(11-15(17)18)13-7-5-4-6-8-13/h4-8,12,14H,9-11H2,1-3H3,(H,17,18). The molecule has 0 spiro atoms. The van der Waals surface area contributed by atoms with Gasteiger partial charge in [0.25, 0.3) is 0 Å². The minimum absolute atomic E-state index is 0.0394. The fraction of sp³-hybridized carbons (Fsp3) is 0.533. The maximum atomic E-state index is 11.0. The molecular formula is C15H23NO2. The van der Waals surface area contributed by atoms with Crippen LogP contribution >= 0.6 is 0 Å². The van der Waals surface area contributed by atoms with Gasteiger partial charge in [0, 0.05) is 6.04 Å². The van der Waals surface area contributed by atoms with Gasteiger partial charge in [0.15, 0.2) is 0 Å². The van der Waals surface area contributed by atoms with Gasteiger partial charge in [0.05, 0.1) is 6.42 Å². The molecule has 1 unspecified atom stereocenters. The number of benzene rings is 1. The molecule has 3 heteroatoms. The summed E-state index contributed by atoms with van der Waals surface area (Å²) in [5.74, 6) is -0.117. The first-order valence-corrected chi connectivity index (χ1v) is 6.47. The average Bonchev–Trinajstić information content (AvgIpc) is 2.34. The molecule has 1 rings (SSSR count). The lowest BCUT2D eigenvalue weighted by molar-refractivity contribution is -0.138. The molecule has 1 aromatic rings. The third-order valence-corrected chi connectivity index (χ3v) is 3.14. The first-order chi connectivity index (χ1) is 8.50. The number of carbonyl (C=O) groups is 1. The molecule has 3 nitrogen and oxygen atoms in total. The van der Waals surface area contributed by atoms with Crippen molar-refractivity contribution in [2.45, 2.75) is 32.7 Å². The molecule has 100 valence electrons. The molecule has 1 atom stereocenters. The van der Waals surface area contributed by atoms with Crippen LogP contribution in [0.1, 0.15) is 38.3 Å². The van der Waals surface area contributed by atoms with Crippen LogP contribution in [0, 0.1) is 5.92 Å². The molecule has 0 amide bonds. The van der Waals surface area contributed by atoms with E-state index in [2.05, 4.69) is 18.7 Å². The SMILES string of the molecule is CC(C)CCN(C)C(CC(=O)O)c1ccccc1. The van der Waals surface area contributed by atoms with Crippen molar-refractivity contribution >= 4 is 5.97 Å². The summed E-state index contributed by atoms with van der Waals surface area (Å²) in [6.45, 7) is 5.29. The highest BCUT2D eigenvalue weighted by Crippen LogP contribution is 2.23. The smallest absolute Gasteiger partial charge is 0.305 e. The zero-order chi connectivity index (χ0) is 13.5. The molecule has 1 aromatic carbocycles. The van der Waals surface area contributed by atoms with Crippen molar-refractivity contribution < 1.29 is 9.90 Å². The minimum Gasteiger partial charge on any atom is -0.481 e. The number of carboxylic acids is 1. The molecule has 0 aliphatic carbocycles. The topological polar surface area (TPSA) is 40.5 Å². The monoisotopic (exact) mass is 249 g/mol. The van der Waals surface area contributed by atoms with Gasteiger partial charge in [-0.15, -0.1) is 0 Å². The van der Waals surface area contributed by atoms with Gasteiger partial charge in [-0.1, -0.05) is 44.2 Å². The van der Waals surface area contributed by atoms with Gasteiger partial charge in [0.1, 0.15) is 0 Å². The zero-order valence-corrected chi connectivity index (χ0v) is 11.5. The first kappa shape index (κ1) is 14.7. The fourth-order valence-electron chi connectivity index (χ4n) is 1.99. The number of nitrogens with zero attached hydrogens (tertiary/aromatic N) is 1. The predicted octanol–water partition coefficient (Wildman–Crippen LogP) is 3.18. The molecule has 0 aliphatic heterocycles. The van der Waals surface area contributed by atoms with E-state index in [4.69, 9.17) is 5.11 Å². The zero-order valence-electron chi connectivity index (χ0n) is 11.5. The van der Waals surface area contributed by atoms with Gasteiger partial charge in [-0.3, -0.25) is 9.69 Å². The molecule has 0 aromatic heterocycles. The van der Waals surface area contributed by atoms with Crippen LogP contribution in [-0.4, -0.2) is 29.6 Å². The Bertz CT molecular complexity index is 362. The van der Waals surface area contributed by atoms with E-state index in [0.29, 0.717) is 5.92 Å². The maximum absolute atomic E-state index is 11.0. The number of aliphatic carboxylic acids is 1. The van der Waals surface area contributed by atoms with E-state index in [9.17, 15) is 4.79 Å². The van der Waals surface area contributed by atoms with E-state index in [0.717, 1.165) is 18.5 Å². The average molecular weight is 249 g/mol. The van der Waals surface area contributed by atoms with Crippen molar-refractivity contribution in [1.29, 1.82) is 0 Å². The van der Waals surface area contributed by atoms with Crippen LogP contribution in [0.25, 0.3) is 0 Å². The van der Waals surface area contributed by atoms with Gasteiger partial charge in [-0.25, -0.2) is 0 Å². The van der Waals surface area contributed by atoms with Crippen LogP contribution in [0.3, 0.4) is 0 Å². The molecule has 18 heavy (non-hydrogen) atoms. The Hall–Kier alpha value is -1.35. The van der Waals surface area contributed by atoms with Crippen molar-refractivity contribution in [3.05, 3.63) is 35.9 Å². The summed E-state index contributed by atoms with van der Waals surface area (Å²) in [7, 11) is 2.00. The summed E-state index contributed by atoms with van der Waals surface area (Å²) in [6, 6.07) is 9.83. The Morgan fingerprint density at radius 2 is 1.89 bits per heavy atom. The Kier molecular flexibility index (Phi) is 5.86. The quantitative estimate of drug-likeness (QED) is 0.807. The van der Waals surface area contributed by atoms with Gasteiger partial charge < -0.3 is 5.11 Å². The Balaban J connectivity index is 2.75. The lowest BCUT2D eigenvalue weighted by atomic mass is 10.0. The summed E-state index contributed by atoms with van der Waals surface area (Å²) < 4.78 is 0. The molecule has 0 aliphatic rings. The van der Waals surface area contributed by atoms with Crippen LogP contribution in [0.15, 0.2) is 30.3 Å². The highest BCUT2D eigenvalue weighted by Gasteiger charge is 2.19. The van der Waals surface area contributed by atoms with E-state index >= 15 is 0 Å². The number of rotatable bonds is 7. The van der Waals surface area contributed by atoms with Crippen LogP contribution in [0.5, 0.6) is 0 Å². The second kappa shape index (κ2) is 7.17. The largest absolute Gasteiger partial charge is 0.481 e. The van der Waals surface area contributed by atoms with Crippen molar-refractivity contribution in [3.63, 3.8) is 0 Å². The molecular weight excluding hydrogens is 226 g/mol. The first-order valence-electron chi connectivity index (χ1n) is 6.47. The predicted molar refractivity (Wildman–Crippen MR) is 73.5 cm³/mol. The molecule has 0 fully saturated rings. The molecule has 0 heterocycles. The number of hydrogen-bond acceptors (Lipinski definition) is 2. The highest BCUT2D eigenvalue weighted by molar-refractivity contribution is 5.67. The van der Waals surface area contributed by atoms with Crippen LogP contribution in [0.4, 0.5) is 0 Å². The fourth-order valence-corrected chi connectivity index (χ4v) is 1.99. The summed E-state index contributed by atoms with van der Waals surface area (Å²) in [4.78, 5) is 13.1. The Morgan fingerprint density at radius 1 is 1.28 bits per heavy atom. The van der Waals surface area contributed by atoms with E-state index in [1.165, 1.54) is 0 Å². The lowest BCUT2D eigenvalue weighted by Gasteiger charge is -2.28. The second-order valence-electron chi connectivity index (χ2n) is 5.19. The summed E-state index contributed by atoms with van der Waals surface area (Å²) in [5, 5.41) is 9.04. The third-order valence-electron chi connectivity index (χ3n) is 3.14. The van der Waals surface area contributed by atoms with E-state index in [-0.39, 0.29) is 12.5 Å². The van der Waals surface area contributed by atoms with Gasteiger partial charge >= 0.3 is 5.97 Å². The van der Waals surface area contributed by atoms with Crippen LogP contribution in [0.2, 0.25) is 0 Å². The van der Waals surface area contributed by atoms with Gasteiger partial charge in [-0.05, 0) is 31.5 Å². The van der Waals surface area contributed by atoms with E-state index < -0.39 is 5.97 Å². The van der Waals surface area contributed by atoms with Gasteiger partial charge in [0.2, 0.25) is 0 Å². The number of carboxylic acid groups (broad SMARTS) is 1. The Morgan fingerprint density at radius 3 is 2.39 bits per heavy atom. The van der Waals surface area contributed by atoms with Crippen molar-refractivity contribution in [2.75, 3.05) is 13.6 Å². The summed E-state index contributed by atoms with van der Waals surface area (Å²) in [5.41, 5.74) is 1.08. The van der Waals surface area contributed by atoms with Gasteiger partial charge in [-0.2, -0.15) is 0 Å². The van der Waals surface area contributed by atoms with Crippen molar-refractivity contribution in [3.8, 4) is 0 Å². The maximum Gasteiger partial charge on any atom is 0.305 e. The minimum atomic E-state index is -0.750. The van der Waals surface area contributed by atoms with E-state index in [1.54, 1.807) is 0 Å². The third kappa shape index (κ3) is 4.88.